The summed E-state index contributed by atoms with van der Waals surface area (Å²) in [5.41, 5.74) is 8.65. The van der Waals surface area contributed by atoms with Crippen LogP contribution in [0.5, 0.6) is 11.5 Å². The van der Waals surface area contributed by atoms with Gasteiger partial charge in [-0.15, -0.1) is 0 Å². The second-order valence-electron chi connectivity index (χ2n) is 15.5. The first-order chi connectivity index (χ1) is 30.4. The molecular formula is C56H58Cl2N2O2. The molecule has 5 aromatic carbocycles. The van der Waals surface area contributed by atoms with Crippen molar-refractivity contribution in [2.45, 2.75) is 90.9 Å². The standard InChI is InChI=1S/C56H58Cl2N2O2/c1-3-5-7-9-11-13-35-61-55-39-50(26-24-44-17-21-46(22-18-44)38-52(42-60)48-29-33-54(58)34-30-48)56(62-36-14-12-10-8-6-4-2)40-49(55)25-23-43-15-19-45(20-16-43)37-51(41-59)47-27-31-53(57)32-28-47/h15-34,37-40H,3-14,35-36H2,1-2H3/b25-23+,26-24+,51-37+,52-38+. The molecule has 6 heteroatoms. The summed E-state index contributed by atoms with van der Waals surface area (Å²) in [5, 5.41) is 21.0. The van der Waals surface area contributed by atoms with Crippen molar-refractivity contribution in [3.05, 3.63) is 164 Å². The van der Waals surface area contributed by atoms with E-state index >= 15 is 0 Å². The van der Waals surface area contributed by atoms with E-state index in [9.17, 15) is 10.5 Å². The zero-order valence-corrected chi connectivity index (χ0v) is 37.7. The molecule has 0 bridgehead atoms. The minimum atomic E-state index is 0.577. The SMILES string of the molecule is CCCCCCCCOc1cc(/C=C/c2ccc(/C=C(\C#N)c3ccc(Cl)cc3)cc2)c(OCCCCCCCC)cc1/C=C/c1ccc(/C=C(\C#N)c2ccc(Cl)cc2)cc1. The molecule has 0 aromatic heterocycles. The van der Waals surface area contributed by atoms with Gasteiger partial charge in [-0.25, -0.2) is 0 Å². The highest BCUT2D eigenvalue weighted by Crippen LogP contribution is 2.33. The second-order valence-corrected chi connectivity index (χ2v) is 16.4. The summed E-state index contributed by atoms with van der Waals surface area (Å²) in [7, 11) is 0. The van der Waals surface area contributed by atoms with Gasteiger partial charge >= 0.3 is 0 Å². The van der Waals surface area contributed by atoms with Gasteiger partial charge in [0.05, 0.1) is 36.5 Å². The number of unbranched alkanes of at least 4 members (excludes halogenated alkanes) is 10. The van der Waals surface area contributed by atoms with Crippen LogP contribution in [-0.4, -0.2) is 13.2 Å². The Kier molecular flexibility index (Phi) is 20.2. The summed E-state index contributed by atoms with van der Waals surface area (Å²) >= 11 is 12.1. The maximum absolute atomic E-state index is 9.85. The lowest BCUT2D eigenvalue weighted by Gasteiger charge is -2.16. The Labute approximate surface area is 380 Å². The number of ether oxygens (including phenoxy) is 2. The first-order valence-corrected chi connectivity index (χ1v) is 22.9. The first-order valence-electron chi connectivity index (χ1n) is 22.1. The molecule has 0 aliphatic heterocycles. The fourth-order valence-corrected chi connectivity index (χ4v) is 7.21. The molecule has 0 aliphatic rings. The Bertz CT molecular complexity index is 2170. The number of benzene rings is 5. The Morgan fingerprint density at radius 1 is 0.452 bits per heavy atom. The summed E-state index contributed by atoms with van der Waals surface area (Å²) in [6.45, 7) is 5.76. The van der Waals surface area contributed by atoms with E-state index in [-0.39, 0.29) is 0 Å². The average Bonchev–Trinajstić information content (AvgIpc) is 3.30. The lowest BCUT2D eigenvalue weighted by atomic mass is 10.0. The Morgan fingerprint density at radius 2 is 0.790 bits per heavy atom. The molecule has 0 N–H and O–H groups in total. The molecule has 0 spiro atoms. The van der Waals surface area contributed by atoms with Crippen molar-refractivity contribution in [1.29, 1.82) is 10.5 Å². The Balaban J connectivity index is 1.41. The van der Waals surface area contributed by atoms with Crippen molar-refractivity contribution in [3.63, 3.8) is 0 Å². The van der Waals surface area contributed by atoms with Crippen LogP contribution < -0.4 is 9.47 Å². The monoisotopic (exact) mass is 860 g/mol. The fraction of sp³-hybridized carbons (Fsp3) is 0.286. The zero-order valence-electron chi connectivity index (χ0n) is 36.2. The number of allylic oxidation sites excluding steroid dienone is 2. The molecule has 0 fully saturated rings. The molecule has 318 valence electrons. The van der Waals surface area contributed by atoms with Gasteiger partial charge in [0.25, 0.3) is 0 Å². The predicted molar refractivity (Wildman–Crippen MR) is 265 cm³/mol. The van der Waals surface area contributed by atoms with E-state index in [1.54, 1.807) is 24.3 Å². The molecule has 0 saturated carbocycles. The summed E-state index contributed by atoms with van der Waals surface area (Å²) in [4.78, 5) is 0. The van der Waals surface area contributed by atoms with Gasteiger partial charge in [-0.1, -0.05) is 198 Å². The maximum Gasteiger partial charge on any atom is 0.127 e. The third-order valence-electron chi connectivity index (χ3n) is 10.6. The number of hydrogen-bond acceptors (Lipinski definition) is 4. The number of nitrogens with zero attached hydrogens (tertiary/aromatic N) is 2. The molecule has 0 saturated heterocycles. The molecule has 0 radical (unpaired) electrons. The minimum absolute atomic E-state index is 0.577. The van der Waals surface area contributed by atoms with Gasteiger partial charge in [0, 0.05) is 21.2 Å². The molecular weight excluding hydrogens is 804 g/mol. The van der Waals surface area contributed by atoms with Gasteiger partial charge < -0.3 is 9.47 Å². The molecule has 4 nitrogen and oxygen atoms in total. The second kappa shape index (κ2) is 26.5. The van der Waals surface area contributed by atoms with Gasteiger partial charge in [0.1, 0.15) is 11.5 Å². The van der Waals surface area contributed by atoms with Crippen molar-refractivity contribution < 1.29 is 9.47 Å². The number of rotatable bonds is 24. The third kappa shape index (κ3) is 15.9. The molecule has 0 heterocycles. The summed E-state index contributed by atoms with van der Waals surface area (Å²) in [5.74, 6) is 1.63. The molecule has 5 aromatic rings. The van der Waals surface area contributed by atoms with Crippen LogP contribution in [0.4, 0.5) is 0 Å². The highest BCUT2D eigenvalue weighted by molar-refractivity contribution is 6.31. The quantitative estimate of drug-likeness (QED) is 0.0352. The van der Waals surface area contributed by atoms with Gasteiger partial charge in [-0.2, -0.15) is 10.5 Å². The maximum atomic E-state index is 9.85. The molecule has 0 aliphatic carbocycles. The smallest absolute Gasteiger partial charge is 0.127 e. The van der Waals surface area contributed by atoms with E-state index < -0.39 is 0 Å². The Morgan fingerprint density at radius 3 is 1.15 bits per heavy atom. The van der Waals surface area contributed by atoms with Crippen molar-refractivity contribution in [2.24, 2.45) is 0 Å². The van der Waals surface area contributed by atoms with Crippen molar-refractivity contribution in [1.82, 2.24) is 0 Å². The van der Waals surface area contributed by atoms with Gasteiger partial charge in [-0.3, -0.25) is 0 Å². The normalized spacial score (nSPS) is 11.8. The Hall–Kier alpha value is -5.78. The lowest BCUT2D eigenvalue weighted by molar-refractivity contribution is 0.295. The van der Waals surface area contributed by atoms with Gasteiger partial charge in [-0.05, 0) is 94.8 Å². The summed E-state index contributed by atoms with van der Waals surface area (Å²) in [6, 6.07) is 39.8. The van der Waals surface area contributed by atoms with E-state index in [4.69, 9.17) is 32.7 Å². The van der Waals surface area contributed by atoms with Crippen molar-refractivity contribution >= 4 is 70.8 Å². The predicted octanol–water partition coefficient (Wildman–Crippen LogP) is 16.9. The zero-order chi connectivity index (χ0) is 43.8. The van der Waals surface area contributed by atoms with E-state index in [0.29, 0.717) is 34.4 Å². The number of halogens is 2. The van der Waals surface area contributed by atoms with E-state index in [1.165, 1.54) is 51.4 Å². The topological polar surface area (TPSA) is 66.0 Å². The summed E-state index contributed by atoms with van der Waals surface area (Å²) in [6.07, 6.45) is 26.4. The van der Waals surface area contributed by atoms with Crippen LogP contribution in [0.15, 0.2) is 109 Å². The number of hydrogen-bond donors (Lipinski definition) is 0. The fourth-order valence-electron chi connectivity index (χ4n) is 6.96. The molecule has 5 rings (SSSR count). The highest BCUT2D eigenvalue weighted by Gasteiger charge is 2.11. The highest BCUT2D eigenvalue weighted by atomic mass is 35.5. The van der Waals surface area contributed by atoms with E-state index in [0.717, 1.165) is 81.7 Å². The van der Waals surface area contributed by atoms with Crippen molar-refractivity contribution in [3.8, 4) is 23.6 Å². The van der Waals surface area contributed by atoms with Crippen LogP contribution in [-0.2, 0) is 0 Å². The van der Waals surface area contributed by atoms with Crippen LogP contribution in [0.3, 0.4) is 0 Å². The number of nitriles is 2. The first kappa shape index (κ1) is 47.3. The van der Waals surface area contributed by atoms with Crippen LogP contribution >= 0.6 is 23.2 Å². The van der Waals surface area contributed by atoms with Crippen molar-refractivity contribution in [2.75, 3.05) is 13.2 Å². The van der Waals surface area contributed by atoms with Gasteiger partial charge in [0.15, 0.2) is 0 Å². The van der Waals surface area contributed by atoms with Crippen LogP contribution in [0, 0.1) is 22.7 Å². The van der Waals surface area contributed by atoms with E-state index in [2.05, 4.69) is 86.7 Å². The van der Waals surface area contributed by atoms with Crippen LogP contribution in [0.25, 0.3) is 47.6 Å². The molecule has 0 atom stereocenters. The van der Waals surface area contributed by atoms with E-state index in [1.807, 2.05) is 60.7 Å². The molecule has 0 unspecified atom stereocenters. The molecule has 0 amide bonds. The minimum Gasteiger partial charge on any atom is -0.493 e. The third-order valence-corrected chi connectivity index (χ3v) is 11.1. The largest absolute Gasteiger partial charge is 0.493 e. The lowest BCUT2D eigenvalue weighted by Crippen LogP contribution is -2.03. The summed E-state index contributed by atoms with van der Waals surface area (Å²) < 4.78 is 13.1. The average molecular weight is 862 g/mol. The van der Waals surface area contributed by atoms with Crippen LogP contribution in [0.2, 0.25) is 10.0 Å². The van der Waals surface area contributed by atoms with Crippen LogP contribution in [0.1, 0.15) is 135 Å². The molecule has 62 heavy (non-hydrogen) atoms. The van der Waals surface area contributed by atoms with Gasteiger partial charge in [0.2, 0.25) is 0 Å².